The van der Waals surface area contributed by atoms with Crippen LogP contribution in [0.25, 0.3) is 0 Å². The lowest BCUT2D eigenvalue weighted by Gasteiger charge is -2.39. The lowest BCUT2D eigenvalue weighted by molar-refractivity contribution is 0.0512. The van der Waals surface area contributed by atoms with Crippen molar-refractivity contribution in [3.63, 3.8) is 0 Å². The lowest BCUT2D eigenvalue weighted by Crippen LogP contribution is -2.47. The second-order valence-corrected chi connectivity index (χ2v) is 5.45. The van der Waals surface area contributed by atoms with Gasteiger partial charge in [-0.05, 0) is 45.2 Å². The summed E-state index contributed by atoms with van der Waals surface area (Å²) in [6.45, 7) is 4.18. The maximum Gasteiger partial charge on any atom is 0.256 e. The molecule has 1 heterocycles. The van der Waals surface area contributed by atoms with E-state index in [1.165, 1.54) is 6.42 Å². The van der Waals surface area contributed by atoms with Gasteiger partial charge in [0.05, 0.1) is 16.3 Å². The minimum atomic E-state index is -0.00491. The van der Waals surface area contributed by atoms with Crippen LogP contribution in [-0.2, 0) is 0 Å². The zero-order valence-corrected chi connectivity index (χ0v) is 11.6. The van der Waals surface area contributed by atoms with Gasteiger partial charge in [-0.15, -0.1) is 0 Å². The molecule has 0 saturated carbocycles. The van der Waals surface area contributed by atoms with Crippen molar-refractivity contribution < 1.29 is 4.79 Å². The largest absolute Gasteiger partial charge is 0.397 e. The number of rotatable bonds is 1. The van der Waals surface area contributed by atoms with Crippen molar-refractivity contribution in [2.45, 2.75) is 45.2 Å². The Bertz CT molecular complexity index is 451. The lowest BCUT2D eigenvalue weighted by atomic mass is 9.96. The fourth-order valence-corrected chi connectivity index (χ4v) is 2.86. The number of nitrogens with zero attached hydrogens (tertiary/aromatic N) is 1. The first-order valence-corrected chi connectivity index (χ1v) is 6.76. The molecule has 2 N–H and O–H groups in total. The minimum absolute atomic E-state index is 0.00491. The van der Waals surface area contributed by atoms with E-state index in [1.54, 1.807) is 18.2 Å². The van der Waals surface area contributed by atoms with E-state index in [-0.39, 0.29) is 18.0 Å². The van der Waals surface area contributed by atoms with Gasteiger partial charge in [0, 0.05) is 12.1 Å². The molecule has 1 aliphatic heterocycles. The van der Waals surface area contributed by atoms with E-state index in [4.69, 9.17) is 17.3 Å². The Balaban J connectivity index is 2.32. The quantitative estimate of drug-likeness (QED) is 0.793. The maximum atomic E-state index is 12.6. The third-order valence-corrected chi connectivity index (χ3v) is 4.04. The van der Waals surface area contributed by atoms with Gasteiger partial charge >= 0.3 is 0 Å². The highest BCUT2D eigenvalue weighted by molar-refractivity contribution is 6.33. The van der Waals surface area contributed by atoms with Gasteiger partial charge in [-0.25, -0.2) is 0 Å². The van der Waals surface area contributed by atoms with Gasteiger partial charge in [0.1, 0.15) is 0 Å². The number of carbonyl (C=O) groups excluding carboxylic acids is 1. The molecule has 4 heteroatoms. The molecule has 0 aliphatic carbocycles. The van der Waals surface area contributed by atoms with E-state index in [1.807, 2.05) is 4.90 Å². The van der Waals surface area contributed by atoms with E-state index in [0.29, 0.717) is 16.3 Å². The van der Waals surface area contributed by atoms with Crippen molar-refractivity contribution >= 4 is 23.2 Å². The number of piperidine rings is 1. The van der Waals surface area contributed by atoms with Gasteiger partial charge in [0.2, 0.25) is 0 Å². The fraction of sp³-hybridized carbons (Fsp3) is 0.500. The molecule has 1 aromatic rings. The third kappa shape index (κ3) is 2.32. The summed E-state index contributed by atoms with van der Waals surface area (Å²) in [4.78, 5) is 14.5. The molecule has 1 saturated heterocycles. The molecule has 18 heavy (non-hydrogen) atoms. The van der Waals surface area contributed by atoms with Crippen LogP contribution < -0.4 is 5.73 Å². The first kappa shape index (κ1) is 13.2. The molecule has 2 atom stereocenters. The van der Waals surface area contributed by atoms with E-state index in [0.717, 1.165) is 12.8 Å². The van der Waals surface area contributed by atoms with Gasteiger partial charge in [-0.3, -0.25) is 4.79 Å². The Morgan fingerprint density at radius 1 is 1.33 bits per heavy atom. The SMILES string of the molecule is C[C@@H]1CCC[C@H](C)N1C(=O)c1cccc(Cl)c1N. The van der Waals surface area contributed by atoms with Crippen molar-refractivity contribution in [3.8, 4) is 0 Å². The smallest absolute Gasteiger partial charge is 0.256 e. The highest BCUT2D eigenvalue weighted by Gasteiger charge is 2.30. The number of hydrogen-bond donors (Lipinski definition) is 1. The number of nitrogen functional groups attached to an aromatic ring is 1. The molecular formula is C14H19ClN2O. The number of anilines is 1. The summed E-state index contributed by atoms with van der Waals surface area (Å²) in [5.74, 6) is -0.00491. The summed E-state index contributed by atoms with van der Waals surface area (Å²) >= 11 is 5.97. The highest BCUT2D eigenvalue weighted by Crippen LogP contribution is 2.28. The normalized spacial score (nSPS) is 24.1. The Labute approximate surface area is 113 Å². The van der Waals surface area contributed by atoms with Crippen molar-refractivity contribution in [1.29, 1.82) is 0 Å². The number of hydrogen-bond acceptors (Lipinski definition) is 2. The van der Waals surface area contributed by atoms with Crippen molar-refractivity contribution in [2.24, 2.45) is 0 Å². The predicted molar refractivity (Wildman–Crippen MR) is 74.8 cm³/mol. The molecule has 0 radical (unpaired) electrons. The van der Waals surface area contributed by atoms with Gasteiger partial charge in [0.15, 0.2) is 0 Å². The molecule has 0 unspecified atom stereocenters. The van der Waals surface area contributed by atoms with Crippen LogP contribution in [0.4, 0.5) is 5.69 Å². The van der Waals surface area contributed by atoms with Crippen LogP contribution in [0.3, 0.4) is 0 Å². The van der Waals surface area contributed by atoms with E-state index in [2.05, 4.69) is 13.8 Å². The first-order chi connectivity index (χ1) is 8.52. The predicted octanol–water partition coefficient (Wildman–Crippen LogP) is 3.33. The maximum absolute atomic E-state index is 12.6. The van der Waals surface area contributed by atoms with Crippen molar-refractivity contribution in [2.75, 3.05) is 5.73 Å². The second kappa shape index (κ2) is 5.19. The van der Waals surface area contributed by atoms with E-state index in [9.17, 15) is 4.79 Å². The minimum Gasteiger partial charge on any atom is -0.397 e. The second-order valence-electron chi connectivity index (χ2n) is 5.04. The molecule has 3 nitrogen and oxygen atoms in total. The van der Waals surface area contributed by atoms with Crippen molar-refractivity contribution in [1.82, 2.24) is 4.90 Å². The number of amides is 1. The monoisotopic (exact) mass is 266 g/mol. The van der Waals surface area contributed by atoms with Crippen LogP contribution in [0.15, 0.2) is 18.2 Å². The van der Waals surface area contributed by atoms with Crippen LogP contribution in [0.2, 0.25) is 5.02 Å². The summed E-state index contributed by atoms with van der Waals surface area (Å²) in [7, 11) is 0. The molecule has 98 valence electrons. The molecule has 1 aromatic carbocycles. The molecule has 0 spiro atoms. The van der Waals surface area contributed by atoms with Gasteiger partial charge in [0.25, 0.3) is 5.91 Å². The van der Waals surface area contributed by atoms with Crippen LogP contribution in [0.5, 0.6) is 0 Å². The Morgan fingerprint density at radius 2 is 1.94 bits per heavy atom. The van der Waals surface area contributed by atoms with Gasteiger partial charge in [-0.2, -0.15) is 0 Å². The molecule has 1 fully saturated rings. The number of likely N-dealkylation sites (tertiary alicyclic amines) is 1. The Morgan fingerprint density at radius 3 is 2.56 bits per heavy atom. The molecule has 0 bridgehead atoms. The Kier molecular flexibility index (Phi) is 3.81. The van der Waals surface area contributed by atoms with Crippen molar-refractivity contribution in [3.05, 3.63) is 28.8 Å². The van der Waals surface area contributed by atoms with Gasteiger partial charge in [-0.1, -0.05) is 17.7 Å². The van der Waals surface area contributed by atoms with Gasteiger partial charge < -0.3 is 10.6 Å². The van der Waals surface area contributed by atoms with Crippen LogP contribution in [0, 0.1) is 0 Å². The number of carbonyl (C=O) groups is 1. The molecule has 2 rings (SSSR count). The zero-order chi connectivity index (χ0) is 13.3. The standard InChI is InChI=1S/C14H19ClN2O/c1-9-5-3-6-10(2)17(9)14(18)11-7-4-8-12(15)13(11)16/h4,7-10H,3,5-6,16H2,1-2H3/t9-,10+. The zero-order valence-electron chi connectivity index (χ0n) is 10.8. The summed E-state index contributed by atoms with van der Waals surface area (Å²) in [6, 6.07) is 5.75. The van der Waals surface area contributed by atoms with Crippen LogP contribution in [0.1, 0.15) is 43.5 Å². The number of para-hydroxylation sites is 1. The fourth-order valence-electron chi connectivity index (χ4n) is 2.68. The van der Waals surface area contributed by atoms with Crippen LogP contribution in [-0.4, -0.2) is 22.9 Å². The number of nitrogens with two attached hydrogens (primary N) is 1. The number of benzene rings is 1. The molecular weight excluding hydrogens is 248 g/mol. The topological polar surface area (TPSA) is 46.3 Å². The molecule has 0 aromatic heterocycles. The summed E-state index contributed by atoms with van der Waals surface area (Å²) in [5, 5.41) is 0.443. The molecule has 1 aliphatic rings. The average Bonchev–Trinajstić information content (AvgIpc) is 2.32. The first-order valence-electron chi connectivity index (χ1n) is 6.39. The summed E-state index contributed by atoms with van der Waals surface area (Å²) < 4.78 is 0. The summed E-state index contributed by atoms with van der Waals surface area (Å²) in [6.07, 6.45) is 3.28. The highest BCUT2D eigenvalue weighted by atomic mass is 35.5. The van der Waals surface area contributed by atoms with Crippen LogP contribution >= 0.6 is 11.6 Å². The van der Waals surface area contributed by atoms with E-state index >= 15 is 0 Å². The average molecular weight is 267 g/mol. The third-order valence-electron chi connectivity index (χ3n) is 3.71. The van der Waals surface area contributed by atoms with E-state index < -0.39 is 0 Å². The Hall–Kier alpha value is -1.22. The number of halogens is 1. The summed E-state index contributed by atoms with van der Waals surface area (Å²) in [5.41, 5.74) is 6.80. The molecule has 1 amide bonds.